The number of anilines is 1. The number of aliphatic hydroxyl groups excluding tert-OH is 1. The number of hydrogen-bond donors (Lipinski definition) is 3. The molecular weight excluding hydrogens is 326 g/mol. The molecule has 7 heteroatoms. The predicted octanol–water partition coefficient (Wildman–Crippen LogP) is 3.24. The third-order valence-electron chi connectivity index (χ3n) is 4.60. The van der Waals surface area contributed by atoms with Gasteiger partial charge in [-0.1, -0.05) is 30.7 Å². The van der Waals surface area contributed by atoms with E-state index in [2.05, 4.69) is 32.2 Å². The molecule has 2 aromatic heterocycles. The Kier molecular flexibility index (Phi) is 3.86. The van der Waals surface area contributed by atoms with Gasteiger partial charge in [0.05, 0.1) is 11.1 Å². The molecule has 1 fully saturated rings. The summed E-state index contributed by atoms with van der Waals surface area (Å²) >= 11 is 6.26. The first kappa shape index (κ1) is 15.4. The molecular formula is C17H18ClN5O. The number of aromatic nitrogens is 4. The third kappa shape index (κ3) is 2.72. The fraction of sp³-hybridized carbons (Fsp3) is 0.353. The Hall–Kier alpha value is -2.18. The fourth-order valence-electron chi connectivity index (χ4n) is 3.26. The van der Waals surface area contributed by atoms with E-state index in [1.165, 1.54) is 6.33 Å². The number of benzene rings is 1. The van der Waals surface area contributed by atoms with Gasteiger partial charge >= 0.3 is 0 Å². The van der Waals surface area contributed by atoms with E-state index in [9.17, 15) is 5.11 Å². The first-order valence-corrected chi connectivity index (χ1v) is 8.40. The number of H-pyrrole nitrogens is 1. The van der Waals surface area contributed by atoms with Crippen LogP contribution in [0.5, 0.6) is 0 Å². The van der Waals surface area contributed by atoms with Crippen LogP contribution < -0.4 is 5.32 Å². The van der Waals surface area contributed by atoms with Crippen LogP contribution in [0.25, 0.3) is 22.6 Å². The molecule has 3 N–H and O–H groups in total. The average molecular weight is 344 g/mol. The normalized spacial score (nSPS) is 23.7. The van der Waals surface area contributed by atoms with E-state index in [1.54, 1.807) is 0 Å². The molecule has 0 amide bonds. The van der Waals surface area contributed by atoms with Gasteiger partial charge < -0.3 is 15.4 Å². The van der Waals surface area contributed by atoms with E-state index in [1.807, 2.05) is 24.3 Å². The molecule has 0 unspecified atom stereocenters. The van der Waals surface area contributed by atoms with E-state index in [-0.39, 0.29) is 12.1 Å². The highest BCUT2D eigenvalue weighted by molar-refractivity contribution is 6.33. The lowest BCUT2D eigenvalue weighted by Gasteiger charge is -2.12. The van der Waals surface area contributed by atoms with Crippen LogP contribution in [0.3, 0.4) is 0 Å². The summed E-state index contributed by atoms with van der Waals surface area (Å²) in [5, 5.41) is 14.0. The number of aromatic amines is 1. The first-order chi connectivity index (χ1) is 11.6. The number of hydrogen-bond acceptors (Lipinski definition) is 5. The van der Waals surface area contributed by atoms with Gasteiger partial charge in [0, 0.05) is 11.6 Å². The van der Waals surface area contributed by atoms with E-state index in [0.717, 1.165) is 23.9 Å². The molecule has 0 aliphatic heterocycles. The van der Waals surface area contributed by atoms with Crippen LogP contribution in [-0.4, -0.2) is 37.2 Å². The van der Waals surface area contributed by atoms with Crippen LogP contribution in [0.1, 0.15) is 19.8 Å². The van der Waals surface area contributed by atoms with Crippen molar-refractivity contribution in [1.29, 1.82) is 0 Å². The number of fused-ring (bicyclic) bond motifs is 1. The standard InChI is InChI=1S/C17H18ClN5O/c1-9-6-10(7-13(9)24)21-16-14-17(20-8-19-16)23-15(22-14)11-4-2-3-5-12(11)18/h2-5,8-10,13,24H,6-7H2,1H3,(H2,19,20,21,22,23)/t9-,10+,13-/m0/s1. The quantitative estimate of drug-likeness (QED) is 0.679. The first-order valence-electron chi connectivity index (χ1n) is 8.02. The van der Waals surface area contributed by atoms with E-state index >= 15 is 0 Å². The van der Waals surface area contributed by atoms with Crippen molar-refractivity contribution in [2.75, 3.05) is 5.32 Å². The second-order valence-corrected chi connectivity index (χ2v) is 6.75. The van der Waals surface area contributed by atoms with Gasteiger partial charge in [0.25, 0.3) is 0 Å². The molecule has 24 heavy (non-hydrogen) atoms. The van der Waals surface area contributed by atoms with Crippen molar-refractivity contribution < 1.29 is 5.11 Å². The lowest BCUT2D eigenvalue weighted by atomic mass is 10.1. The summed E-state index contributed by atoms with van der Waals surface area (Å²) in [7, 11) is 0. The zero-order chi connectivity index (χ0) is 16.7. The van der Waals surface area contributed by atoms with E-state index < -0.39 is 0 Å². The minimum atomic E-state index is -0.264. The molecule has 3 atom stereocenters. The van der Waals surface area contributed by atoms with Crippen molar-refractivity contribution >= 4 is 28.6 Å². The molecule has 1 saturated carbocycles. The monoisotopic (exact) mass is 343 g/mol. The van der Waals surface area contributed by atoms with Crippen molar-refractivity contribution in [3.05, 3.63) is 35.6 Å². The molecule has 2 heterocycles. The summed E-state index contributed by atoms with van der Waals surface area (Å²) in [6.45, 7) is 2.06. The van der Waals surface area contributed by atoms with Crippen LogP contribution in [0.4, 0.5) is 5.82 Å². The van der Waals surface area contributed by atoms with Gasteiger partial charge in [0.2, 0.25) is 0 Å². The highest BCUT2D eigenvalue weighted by Crippen LogP contribution is 2.31. The highest BCUT2D eigenvalue weighted by Gasteiger charge is 2.30. The predicted molar refractivity (Wildman–Crippen MR) is 93.9 cm³/mol. The Morgan fingerprint density at radius 2 is 2.08 bits per heavy atom. The van der Waals surface area contributed by atoms with Gasteiger partial charge in [-0.2, -0.15) is 0 Å². The smallest absolute Gasteiger partial charge is 0.183 e. The molecule has 3 aromatic rings. The van der Waals surface area contributed by atoms with Crippen LogP contribution in [0.2, 0.25) is 5.02 Å². The summed E-state index contributed by atoms with van der Waals surface area (Å²) in [6.07, 6.45) is 2.87. The molecule has 0 saturated heterocycles. The fourth-order valence-corrected chi connectivity index (χ4v) is 3.48. The molecule has 1 aliphatic rings. The number of rotatable bonds is 3. The maximum Gasteiger partial charge on any atom is 0.183 e. The maximum atomic E-state index is 9.94. The Balaban J connectivity index is 1.69. The highest BCUT2D eigenvalue weighted by atomic mass is 35.5. The summed E-state index contributed by atoms with van der Waals surface area (Å²) in [4.78, 5) is 16.4. The van der Waals surface area contributed by atoms with Gasteiger partial charge in [-0.05, 0) is 30.9 Å². The minimum absolute atomic E-state index is 0.195. The van der Waals surface area contributed by atoms with Crippen LogP contribution in [0, 0.1) is 5.92 Å². The zero-order valence-corrected chi connectivity index (χ0v) is 14.0. The van der Waals surface area contributed by atoms with Gasteiger partial charge in [-0.25, -0.2) is 15.0 Å². The molecule has 1 aliphatic carbocycles. The van der Waals surface area contributed by atoms with Gasteiger partial charge in [-0.15, -0.1) is 0 Å². The number of imidazole rings is 1. The average Bonchev–Trinajstić information content (AvgIpc) is 3.12. The number of halogens is 1. The Morgan fingerprint density at radius 3 is 2.83 bits per heavy atom. The molecule has 0 spiro atoms. The number of aliphatic hydroxyl groups is 1. The second kappa shape index (κ2) is 6.03. The van der Waals surface area contributed by atoms with Gasteiger partial charge in [0.1, 0.15) is 17.7 Å². The van der Waals surface area contributed by atoms with Gasteiger partial charge in [-0.3, -0.25) is 0 Å². The van der Waals surface area contributed by atoms with E-state index in [0.29, 0.717) is 28.2 Å². The summed E-state index contributed by atoms with van der Waals surface area (Å²) < 4.78 is 0. The van der Waals surface area contributed by atoms with Crippen molar-refractivity contribution in [1.82, 2.24) is 19.9 Å². The van der Waals surface area contributed by atoms with Crippen molar-refractivity contribution in [3.8, 4) is 11.4 Å². The van der Waals surface area contributed by atoms with Crippen LogP contribution in [0.15, 0.2) is 30.6 Å². The number of nitrogens with zero attached hydrogens (tertiary/aromatic N) is 3. The lowest BCUT2D eigenvalue weighted by molar-refractivity contribution is 0.141. The van der Waals surface area contributed by atoms with Crippen molar-refractivity contribution in [3.63, 3.8) is 0 Å². The van der Waals surface area contributed by atoms with Crippen molar-refractivity contribution in [2.45, 2.75) is 31.9 Å². The Bertz CT molecular complexity index is 870. The summed E-state index contributed by atoms with van der Waals surface area (Å²) in [6, 6.07) is 7.74. The SMILES string of the molecule is C[C@H]1C[C@@H](Nc2ncnc3nc(-c4ccccc4Cl)[nH]c23)C[C@@H]1O. The molecule has 6 nitrogen and oxygen atoms in total. The lowest BCUT2D eigenvalue weighted by Crippen LogP contribution is -2.17. The minimum Gasteiger partial charge on any atom is -0.393 e. The van der Waals surface area contributed by atoms with E-state index in [4.69, 9.17) is 11.6 Å². The molecule has 0 bridgehead atoms. The number of nitrogens with one attached hydrogen (secondary N) is 2. The second-order valence-electron chi connectivity index (χ2n) is 6.34. The van der Waals surface area contributed by atoms with Gasteiger partial charge in [0.15, 0.2) is 11.5 Å². The summed E-state index contributed by atoms with van der Waals surface area (Å²) in [5.74, 6) is 1.66. The molecule has 1 aromatic carbocycles. The largest absolute Gasteiger partial charge is 0.393 e. The third-order valence-corrected chi connectivity index (χ3v) is 4.93. The Morgan fingerprint density at radius 1 is 1.25 bits per heavy atom. The zero-order valence-electron chi connectivity index (χ0n) is 13.2. The molecule has 124 valence electrons. The molecule has 4 rings (SSSR count). The van der Waals surface area contributed by atoms with Crippen LogP contribution in [-0.2, 0) is 0 Å². The Labute approximate surface area is 144 Å². The molecule has 0 radical (unpaired) electrons. The summed E-state index contributed by atoms with van der Waals surface area (Å²) in [5.41, 5.74) is 2.17. The topological polar surface area (TPSA) is 86.7 Å². The maximum absolute atomic E-state index is 9.94. The van der Waals surface area contributed by atoms with Crippen LogP contribution >= 0.6 is 11.6 Å². The van der Waals surface area contributed by atoms with Crippen molar-refractivity contribution in [2.24, 2.45) is 5.92 Å².